The van der Waals surface area contributed by atoms with Crippen LogP contribution in [-0.2, 0) is 16.0 Å². The lowest BCUT2D eigenvalue weighted by atomic mass is 10.1. The molecule has 3 heteroatoms. The highest BCUT2D eigenvalue weighted by atomic mass is 16.5. The number of methoxy groups -OCH3 is 1. The second kappa shape index (κ2) is 6.94. The molecule has 0 unspecified atom stereocenters. The van der Waals surface area contributed by atoms with Gasteiger partial charge in [0.05, 0.1) is 13.7 Å². The van der Waals surface area contributed by atoms with Crippen LogP contribution in [0.3, 0.4) is 0 Å². The largest absolute Gasteiger partial charge is 0.497 e. The third kappa shape index (κ3) is 5.38. The Bertz CT molecular complexity index is 341. The SMILES string of the molecule is COc1ccc(CCC(=O)OCC(C)C)cc1. The number of benzene rings is 1. The molecule has 0 saturated carbocycles. The van der Waals surface area contributed by atoms with Crippen LogP contribution in [0.1, 0.15) is 25.8 Å². The van der Waals surface area contributed by atoms with E-state index in [-0.39, 0.29) is 5.97 Å². The summed E-state index contributed by atoms with van der Waals surface area (Å²) in [4.78, 5) is 11.4. The summed E-state index contributed by atoms with van der Waals surface area (Å²) in [5, 5.41) is 0. The molecule has 1 rings (SSSR count). The van der Waals surface area contributed by atoms with Gasteiger partial charge >= 0.3 is 5.97 Å². The van der Waals surface area contributed by atoms with Crippen LogP contribution in [0.15, 0.2) is 24.3 Å². The van der Waals surface area contributed by atoms with Crippen molar-refractivity contribution >= 4 is 5.97 Å². The molecule has 1 aromatic carbocycles. The molecular weight excluding hydrogens is 216 g/mol. The Hall–Kier alpha value is -1.51. The topological polar surface area (TPSA) is 35.5 Å². The second-order valence-corrected chi connectivity index (χ2v) is 4.42. The minimum absolute atomic E-state index is 0.130. The standard InChI is InChI=1S/C14H20O3/c1-11(2)10-17-14(15)9-6-12-4-7-13(16-3)8-5-12/h4-5,7-8,11H,6,9-10H2,1-3H3. The van der Waals surface area contributed by atoms with Gasteiger partial charge in [0.15, 0.2) is 0 Å². The average molecular weight is 236 g/mol. The van der Waals surface area contributed by atoms with E-state index in [1.54, 1.807) is 7.11 Å². The minimum Gasteiger partial charge on any atom is -0.497 e. The molecule has 0 amide bonds. The monoisotopic (exact) mass is 236 g/mol. The van der Waals surface area contributed by atoms with Gasteiger partial charge in [-0.1, -0.05) is 26.0 Å². The van der Waals surface area contributed by atoms with Crippen molar-refractivity contribution in [2.75, 3.05) is 13.7 Å². The van der Waals surface area contributed by atoms with Gasteiger partial charge in [-0.25, -0.2) is 0 Å². The number of aryl methyl sites for hydroxylation is 1. The molecule has 0 aliphatic carbocycles. The minimum atomic E-state index is -0.130. The Morgan fingerprint density at radius 1 is 1.24 bits per heavy atom. The van der Waals surface area contributed by atoms with Gasteiger partial charge in [-0.3, -0.25) is 4.79 Å². The van der Waals surface area contributed by atoms with Gasteiger partial charge in [0, 0.05) is 6.42 Å². The van der Waals surface area contributed by atoms with E-state index >= 15 is 0 Å². The molecule has 94 valence electrons. The highest BCUT2D eigenvalue weighted by Crippen LogP contribution is 2.12. The zero-order chi connectivity index (χ0) is 12.7. The molecule has 3 nitrogen and oxygen atoms in total. The zero-order valence-electron chi connectivity index (χ0n) is 10.7. The number of ether oxygens (including phenoxy) is 2. The normalized spacial score (nSPS) is 10.4. The molecule has 0 aromatic heterocycles. The summed E-state index contributed by atoms with van der Waals surface area (Å²) in [6.45, 7) is 4.55. The summed E-state index contributed by atoms with van der Waals surface area (Å²) in [6, 6.07) is 7.73. The predicted molar refractivity (Wildman–Crippen MR) is 67.1 cm³/mol. The average Bonchev–Trinajstić information content (AvgIpc) is 2.34. The van der Waals surface area contributed by atoms with E-state index in [4.69, 9.17) is 9.47 Å². The molecule has 0 N–H and O–H groups in total. The first-order chi connectivity index (χ1) is 8.11. The highest BCUT2D eigenvalue weighted by Gasteiger charge is 2.05. The fraction of sp³-hybridized carbons (Fsp3) is 0.500. The molecule has 0 atom stereocenters. The van der Waals surface area contributed by atoms with Crippen molar-refractivity contribution in [3.63, 3.8) is 0 Å². The van der Waals surface area contributed by atoms with Gasteiger partial charge in [0.2, 0.25) is 0 Å². The van der Waals surface area contributed by atoms with E-state index in [1.165, 1.54) is 0 Å². The van der Waals surface area contributed by atoms with Crippen LogP contribution in [0, 0.1) is 5.92 Å². The Morgan fingerprint density at radius 3 is 2.41 bits per heavy atom. The Labute approximate surface area is 103 Å². The van der Waals surface area contributed by atoms with Crippen molar-refractivity contribution in [3.8, 4) is 5.75 Å². The maximum atomic E-state index is 11.4. The number of carbonyl (C=O) groups excluding carboxylic acids is 1. The van der Waals surface area contributed by atoms with Gasteiger partial charge in [-0.05, 0) is 30.0 Å². The Balaban J connectivity index is 2.31. The molecule has 0 aliphatic rings. The van der Waals surface area contributed by atoms with Crippen LogP contribution in [0.5, 0.6) is 5.75 Å². The summed E-state index contributed by atoms with van der Waals surface area (Å²) in [5.41, 5.74) is 1.12. The third-order valence-corrected chi connectivity index (χ3v) is 2.35. The van der Waals surface area contributed by atoms with E-state index in [2.05, 4.69) is 0 Å². The fourth-order valence-corrected chi connectivity index (χ4v) is 1.37. The first kappa shape index (κ1) is 13.6. The summed E-state index contributed by atoms with van der Waals surface area (Å²) >= 11 is 0. The molecule has 0 radical (unpaired) electrons. The summed E-state index contributed by atoms with van der Waals surface area (Å²) in [6.07, 6.45) is 1.14. The van der Waals surface area contributed by atoms with Crippen molar-refractivity contribution < 1.29 is 14.3 Å². The van der Waals surface area contributed by atoms with Crippen molar-refractivity contribution in [2.45, 2.75) is 26.7 Å². The van der Waals surface area contributed by atoms with Crippen LogP contribution in [0.2, 0.25) is 0 Å². The van der Waals surface area contributed by atoms with Crippen molar-refractivity contribution in [1.29, 1.82) is 0 Å². The summed E-state index contributed by atoms with van der Waals surface area (Å²) < 4.78 is 10.2. The van der Waals surface area contributed by atoms with Gasteiger partial charge in [-0.2, -0.15) is 0 Å². The molecular formula is C14H20O3. The lowest BCUT2D eigenvalue weighted by Gasteiger charge is -2.07. The molecule has 0 heterocycles. The van der Waals surface area contributed by atoms with E-state index in [1.807, 2.05) is 38.1 Å². The molecule has 1 aromatic rings. The van der Waals surface area contributed by atoms with Crippen molar-refractivity contribution in [1.82, 2.24) is 0 Å². The van der Waals surface area contributed by atoms with Gasteiger partial charge in [0.1, 0.15) is 5.75 Å². The van der Waals surface area contributed by atoms with Crippen LogP contribution < -0.4 is 4.74 Å². The molecule has 17 heavy (non-hydrogen) atoms. The molecule has 0 aliphatic heterocycles. The van der Waals surface area contributed by atoms with Crippen molar-refractivity contribution in [3.05, 3.63) is 29.8 Å². The van der Waals surface area contributed by atoms with Crippen LogP contribution in [-0.4, -0.2) is 19.7 Å². The molecule has 0 spiro atoms. The van der Waals surface area contributed by atoms with Crippen molar-refractivity contribution in [2.24, 2.45) is 5.92 Å². The predicted octanol–water partition coefficient (Wildman–Crippen LogP) is 2.83. The van der Waals surface area contributed by atoms with Crippen LogP contribution >= 0.6 is 0 Å². The van der Waals surface area contributed by atoms with Gasteiger partial charge < -0.3 is 9.47 Å². The first-order valence-electron chi connectivity index (χ1n) is 5.90. The number of esters is 1. The summed E-state index contributed by atoms with van der Waals surface area (Å²) in [5.74, 6) is 1.09. The first-order valence-corrected chi connectivity index (χ1v) is 5.90. The van der Waals surface area contributed by atoms with E-state index in [0.717, 1.165) is 11.3 Å². The van der Waals surface area contributed by atoms with Gasteiger partial charge in [-0.15, -0.1) is 0 Å². The van der Waals surface area contributed by atoms with E-state index < -0.39 is 0 Å². The smallest absolute Gasteiger partial charge is 0.306 e. The number of hydrogen-bond acceptors (Lipinski definition) is 3. The van der Waals surface area contributed by atoms with Gasteiger partial charge in [0.25, 0.3) is 0 Å². The quantitative estimate of drug-likeness (QED) is 0.712. The zero-order valence-corrected chi connectivity index (χ0v) is 10.7. The lowest BCUT2D eigenvalue weighted by molar-refractivity contribution is -0.144. The van der Waals surface area contributed by atoms with E-state index in [9.17, 15) is 4.79 Å². The Morgan fingerprint density at radius 2 is 1.88 bits per heavy atom. The number of rotatable bonds is 6. The fourth-order valence-electron chi connectivity index (χ4n) is 1.37. The number of hydrogen-bond donors (Lipinski definition) is 0. The maximum Gasteiger partial charge on any atom is 0.306 e. The number of carbonyl (C=O) groups is 1. The highest BCUT2D eigenvalue weighted by molar-refractivity contribution is 5.69. The lowest BCUT2D eigenvalue weighted by Crippen LogP contribution is -2.10. The summed E-state index contributed by atoms with van der Waals surface area (Å²) in [7, 11) is 1.64. The molecule has 0 bridgehead atoms. The van der Waals surface area contributed by atoms with Crippen LogP contribution in [0.25, 0.3) is 0 Å². The Kier molecular flexibility index (Phi) is 5.53. The molecule has 0 saturated heterocycles. The third-order valence-electron chi connectivity index (χ3n) is 2.35. The second-order valence-electron chi connectivity index (χ2n) is 4.42. The van der Waals surface area contributed by atoms with Crippen LogP contribution in [0.4, 0.5) is 0 Å². The van der Waals surface area contributed by atoms with E-state index in [0.29, 0.717) is 25.4 Å². The maximum absolute atomic E-state index is 11.4. The molecule has 0 fully saturated rings.